The molecule has 3 heteroatoms. The Morgan fingerprint density at radius 3 is 2.75 bits per heavy atom. The molecule has 2 nitrogen and oxygen atoms in total. The number of nitrogens with two attached hydrogens (primary N) is 1. The van der Waals surface area contributed by atoms with Gasteiger partial charge in [-0.2, -0.15) is 0 Å². The van der Waals surface area contributed by atoms with Gasteiger partial charge >= 0.3 is 0 Å². The van der Waals surface area contributed by atoms with E-state index in [2.05, 4.69) is 28.1 Å². The largest absolute Gasteiger partial charge is 0.489 e. The second kappa shape index (κ2) is 5.19. The van der Waals surface area contributed by atoms with Crippen LogP contribution in [0.3, 0.4) is 0 Å². The maximum Gasteiger partial charge on any atom is 0.133 e. The van der Waals surface area contributed by atoms with Crippen molar-refractivity contribution in [2.45, 2.75) is 44.8 Å². The fraction of sp³-hybridized carbons (Fsp3) is 0.538. The van der Waals surface area contributed by atoms with Gasteiger partial charge in [0.2, 0.25) is 0 Å². The Bertz CT molecular complexity index is 361. The van der Waals surface area contributed by atoms with Crippen LogP contribution in [0.15, 0.2) is 22.7 Å². The highest BCUT2D eigenvalue weighted by molar-refractivity contribution is 9.10. The van der Waals surface area contributed by atoms with Crippen LogP contribution in [0, 0.1) is 0 Å². The van der Waals surface area contributed by atoms with Gasteiger partial charge in [-0.1, -0.05) is 6.07 Å². The van der Waals surface area contributed by atoms with Gasteiger partial charge in [0.25, 0.3) is 0 Å². The monoisotopic (exact) mass is 283 g/mol. The predicted octanol–water partition coefficient (Wildman–Crippen LogP) is 3.27. The quantitative estimate of drug-likeness (QED) is 0.921. The van der Waals surface area contributed by atoms with Gasteiger partial charge in [-0.3, -0.25) is 0 Å². The molecule has 0 saturated heterocycles. The normalized spacial score (nSPS) is 17.9. The second-order valence-corrected chi connectivity index (χ2v) is 5.47. The van der Waals surface area contributed by atoms with Gasteiger partial charge in [-0.25, -0.2) is 0 Å². The molecule has 1 unspecified atom stereocenters. The van der Waals surface area contributed by atoms with Crippen molar-refractivity contribution in [2.75, 3.05) is 0 Å². The lowest BCUT2D eigenvalue weighted by atomic mass is 9.96. The zero-order chi connectivity index (χ0) is 11.5. The van der Waals surface area contributed by atoms with E-state index in [1.807, 2.05) is 13.0 Å². The van der Waals surface area contributed by atoms with Gasteiger partial charge in [-0.05, 0) is 66.2 Å². The van der Waals surface area contributed by atoms with Crippen LogP contribution in [0.5, 0.6) is 5.75 Å². The van der Waals surface area contributed by atoms with E-state index in [1.165, 1.54) is 24.8 Å². The standard InChI is InChI=1S/C13H18BrNO/c1-9(15)7-10-5-6-13(12(14)8-10)16-11-3-2-4-11/h5-6,8-9,11H,2-4,7,15H2,1H3. The maximum absolute atomic E-state index is 5.86. The minimum absolute atomic E-state index is 0.199. The highest BCUT2D eigenvalue weighted by Crippen LogP contribution is 2.31. The molecule has 0 spiro atoms. The summed E-state index contributed by atoms with van der Waals surface area (Å²) in [5.41, 5.74) is 7.03. The van der Waals surface area contributed by atoms with E-state index in [-0.39, 0.29) is 6.04 Å². The molecule has 0 heterocycles. The molecule has 0 bridgehead atoms. The van der Waals surface area contributed by atoms with Crippen LogP contribution in [0.25, 0.3) is 0 Å². The number of rotatable bonds is 4. The van der Waals surface area contributed by atoms with Gasteiger partial charge < -0.3 is 10.5 Å². The van der Waals surface area contributed by atoms with Crippen LogP contribution in [0.4, 0.5) is 0 Å². The van der Waals surface area contributed by atoms with Gasteiger partial charge in [0.05, 0.1) is 10.6 Å². The summed E-state index contributed by atoms with van der Waals surface area (Å²) >= 11 is 3.55. The first-order valence-electron chi connectivity index (χ1n) is 5.86. The molecule has 16 heavy (non-hydrogen) atoms. The first-order valence-corrected chi connectivity index (χ1v) is 6.65. The van der Waals surface area contributed by atoms with E-state index < -0.39 is 0 Å². The van der Waals surface area contributed by atoms with Crippen molar-refractivity contribution >= 4 is 15.9 Å². The molecule has 0 amide bonds. The fourth-order valence-corrected chi connectivity index (χ4v) is 2.33. The van der Waals surface area contributed by atoms with Gasteiger partial charge in [-0.15, -0.1) is 0 Å². The predicted molar refractivity (Wildman–Crippen MR) is 69.8 cm³/mol. The molecule has 1 saturated carbocycles. The Labute approximate surface area is 105 Å². The molecule has 1 aromatic rings. The first-order chi connectivity index (χ1) is 7.65. The fourth-order valence-electron chi connectivity index (χ4n) is 1.81. The van der Waals surface area contributed by atoms with Gasteiger partial charge in [0.1, 0.15) is 5.75 Å². The lowest BCUT2D eigenvalue weighted by Crippen LogP contribution is -2.24. The summed E-state index contributed by atoms with van der Waals surface area (Å²) < 4.78 is 6.90. The Balaban J connectivity index is 2.03. The van der Waals surface area contributed by atoms with Gasteiger partial charge in [0, 0.05) is 6.04 Å². The molecule has 1 fully saturated rings. The van der Waals surface area contributed by atoms with Crippen LogP contribution in [-0.4, -0.2) is 12.1 Å². The molecular formula is C13H18BrNO. The highest BCUT2D eigenvalue weighted by Gasteiger charge is 2.20. The summed E-state index contributed by atoms with van der Waals surface area (Å²) in [6.07, 6.45) is 5.01. The molecule has 2 N–H and O–H groups in total. The molecule has 2 rings (SSSR count). The van der Waals surface area contributed by atoms with Crippen molar-refractivity contribution in [1.82, 2.24) is 0 Å². The Morgan fingerprint density at radius 2 is 2.25 bits per heavy atom. The zero-order valence-corrected chi connectivity index (χ0v) is 11.2. The minimum Gasteiger partial charge on any atom is -0.489 e. The summed E-state index contributed by atoms with van der Waals surface area (Å²) in [5.74, 6) is 0.957. The molecule has 1 aromatic carbocycles. The third kappa shape index (κ3) is 2.98. The summed E-state index contributed by atoms with van der Waals surface area (Å²) in [6, 6.07) is 6.45. The molecule has 88 valence electrons. The molecule has 1 aliphatic carbocycles. The van der Waals surface area contributed by atoms with E-state index >= 15 is 0 Å². The second-order valence-electron chi connectivity index (χ2n) is 4.62. The van der Waals surface area contributed by atoms with Crippen LogP contribution < -0.4 is 10.5 Å². The number of halogens is 1. The SMILES string of the molecule is CC(N)Cc1ccc(OC2CCC2)c(Br)c1. The minimum atomic E-state index is 0.199. The molecular weight excluding hydrogens is 266 g/mol. The molecule has 0 aliphatic heterocycles. The van der Waals surface area contributed by atoms with Gasteiger partial charge in [0.15, 0.2) is 0 Å². The smallest absolute Gasteiger partial charge is 0.133 e. The zero-order valence-electron chi connectivity index (χ0n) is 9.58. The van der Waals surface area contributed by atoms with Crippen molar-refractivity contribution in [1.29, 1.82) is 0 Å². The Morgan fingerprint density at radius 1 is 1.50 bits per heavy atom. The third-order valence-corrected chi connectivity index (χ3v) is 3.52. The average molecular weight is 284 g/mol. The summed E-state index contributed by atoms with van der Waals surface area (Å²) in [5, 5.41) is 0. The van der Waals surface area contributed by atoms with Crippen LogP contribution in [0.1, 0.15) is 31.7 Å². The molecule has 1 atom stereocenters. The molecule has 1 aliphatic rings. The first kappa shape index (κ1) is 11.9. The molecule has 0 radical (unpaired) electrons. The van der Waals surface area contributed by atoms with E-state index in [0.717, 1.165) is 16.6 Å². The lowest BCUT2D eigenvalue weighted by molar-refractivity contribution is 0.119. The summed E-state index contributed by atoms with van der Waals surface area (Å²) in [6.45, 7) is 2.02. The number of ether oxygens (including phenoxy) is 1. The number of hydrogen-bond acceptors (Lipinski definition) is 2. The summed E-state index contributed by atoms with van der Waals surface area (Å²) in [4.78, 5) is 0. The topological polar surface area (TPSA) is 35.2 Å². The van der Waals surface area contributed by atoms with Crippen molar-refractivity contribution in [2.24, 2.45) is 5.73 Å². The van der Waals surface area contributed by atoms with Crippen molar-refractivity contribution in [3.05, 3.63) is 28.2 Å². The summed E-state index contributed by atoms with van der Waals surface area (Å²) in [7, 11) is 0. The number of benzene rings is 1. The Hall–Kier alpha value is -0.540. The maximum atomic E-state index is 5.86. The van der Waals surface area contributed by atoms with E-state index in [0.29, 0.717) is 6.10 Å². The number of hydrogen-bond donors (Lipinski definition) is 1. The van der Waals surface area contributed by atoms with Crippen molar-refractivity contribution in [3.8, 4) is 5.75 Å². The van der Waals surface area contributed by atoms with Crippen LogP contribution in [0.2, 0.25) is 0 Å². The van der Waals surface area contributed by atoms with E-state index in [1.54, 1.807) is 0 Å². The van der Waals surface area contributed by atoms with Crippen molar-refractivity contribution in [3.63, 3.8) is 0 Å². The van der Waals surface area contributed by atoms with E-state index in [4.69, 9.17) is 10.5 Å². The molecule has 0 aromatic heterocycles. The van der Waals surface area contributed by atoms with Crippen molar-refractivity contribution < 1.29 is 4.74 Å². The third-order valence-electron chi connectivity index (χ3n) is 2.90. The van der Waals surface area contributed by atoms with E-state index in [9.17, 15) is 0 Å². The highest BCUT2D eigenvalue weighted by atomic mass is 79.9. The van der Waals surface area contributed by atoms with Crippen LogP contribution >= 0.6 is 15.9 Å². The average Bonchev–Trinajstić information content (AvgIpc) is 2.12. The Kier molecular flexibility index (Phi) is 3.87. The van der Waals surface area contributed by atoms with Crippen LogP contribution in [-0.2, 0) is 6.42 Å². The lowest BCUT2D eigenvalue weighted by Gasteiger charge is -2.27.